The molecule has 0 aliphatic heterocycles. The predicted octanol–water partition coefficient (Wildman–Crippen LogP) is 4.64. The van der Waals surface area contributed by atoms with Crippen molar-refractivity contribution in [2.24, 2.45) is 0 Å². The number of carbonyl (C=O) groups is 1. The highest BCUT2D eigenvalue weighted by molar-refractivity contribution is 6.30. The van der Waals surface area contributed by atoms with Crippen molar-refractivity contribution in [2.45, 2.75) is 39.3 Å². The molecule has 1 atom stereocenters. The van der Waals surface area contributed by atoms with Crippen LogP contribution in [-0.4, -0.2) is 18.5 Å². The highest BCUT2D eigenvalue weighted by Crippen LogP contribution is 2.18. The van der Waals surface area contributed by atoms with Crippen LogP contribution in [0.1, 0.15) is 32.3 Å². The summed E-state index contributed by atoms with van der Waals surface area (Å²) >= 11 is 5.87. The van der Waals surface area contributed by atoms with Crippen molar-refractivity contribution >= 4 is 23.2 Å². The van der Waals surface area contributed by atoms with Gasteiger partial charge in [0, 0.05) is 29.7 Å². The lowest BCUT2D eigenvalue weighted by Gasteiger charge is -2.12. The first kappa shape index (κ1) is 19.1. The monoisotopic (exact) mass is 360 g/mol. The van der Waals surface area contributed by atoms with Crippen molar-refractivity contribution in [3.8, 4) is 5.75 Å². The lowest BCUT2D eigenvalue weighted by molar-refractivity contribution is -0.121. The number of nitrogens with one attached hydrogen (secondary N) is 2. The first-order chi connectivity index (χ1) is 12.1. The van der Waals surface area contributed by atoms with Crippen LogP contribution in [0.3, 0.4) is 0 Å². The quantitative estimate of drug-likeness (QED) is 0.685. The van der Waals surface area contributed by atoms with Crippen molar-refractivity contribution in [3.63, 3.8) is 0 Å². The molecular weight excluding hydrogens is 336 g/mol. The van der Waals surface area contributed by atoms with Crippen molar-refractivity contribution in [3.05, 3.63) is 59.1 Å². The van der Waals surface area contributed by atoms with Gasteiger partial charge in [0.1, 0.15) is 12.4 Å². The van der Waals surface area contributed by atoms with Gasteiger partial charge in [0.2, 0.25) is 5.91 Å². The number of hydrogen-bond donors (Lipinski definition) is 2. The van der Waals surface area contributed by atoms with E-state index in [2.05, 4.69) is 17.6 Å². The third-order valence-corrected chi connectivity index (χ3v) is 4.13. The summed E-state index contributed by atoms with van der Waals surface area (Å²) in [6.45, 7) is 5.17. The molecule has 0 radical (unpaired) electrons. The Morgan fingerprint density at radius 1 is 1.12 bits per heavy atom. The van der Waals surface area contributed by atoms with E-state index in [1.54, 1.807) is 0 Å². The second-order valence-electron chi connectivity index (χ2n) is 5.99. The summed E-state index contributed by atoms with van der Waals surface area (Å²) in [6.07, 6.45) is 1.40. The van der Waals surface area contributed by atoms with Crippen LogP contribution >= 0.6 is 11.6 Å². The minimum absolute atomic E-state index is 0.0739. The van der Waals surface area contributed by atoms with Gasteiger partial charge in [-0.3, -0.25) is 4.79 Å². The number of hydrogen-bond acceptors (Lipinski definition) is 3. The molecule has 0 saturated carbocycles. The molecule has 0 saturated heterocycles. The molecule has 25 heavy (non-hydrogen) atoms. The molecule has 0 heterocycles. The normalized spacial score (nSPS) is 11.6. The maximum absolute atomic E-state index is 11.7. The first-order valence-corrected chi connectivity index (χ1v) is 8.95. The molecule has 1 unspecified atom stereocenters. The highest BCUT2D eigenvalue weighted by atomic mass is 35.5. The fourth-order valence-corrected chi connectivity index (χ4v) is 2.31. The molecule has 2 rings (SSSR count). The van der Waals surface area contributed by atoms with Crippen LogP contribution in [0.5, 0.6) is 5.75 Å². The lowest BCUT2D eigenvalue weighted by Crippen LogP contribution is -2.32. The summed E-state index contributed by atoms with van der Waals surface area (Å²) in [7, 11) is 0. The van der Waals surface area contributed by atoms with Gasteiger partial charge in [-0.05, 0) is 55.3 Å². The Hall–Kier alpha value is -2.20. The number of carbonyl (C=O) groups excluding carboxylic acids is 1. The van der Waals surface area contributed by atoms with Gasteiger partial charge in [0.15, 0.2) is 0 Å². The molecule has 0 aliphatic rings. The first-order valence-electron chi connectivity index (χ1n) is 8.57. The molecule has 4 nitrogen and oxygen atoms in total. The maximum atomic E-state index is 11.7. The third-order valence-electron chi connectivity index (χ3n) is 3.87. The summed E-state index contributed by atoms with van der Waals surface area (Å²) in [6, 6.07) is 15.5. The van der Waals surface area contributed by atoms with E-state index in [0.29, 0.717) is 19.6 Å². The molecule has 2 aromatic rings. The second kappa shape index (κ2) is 9.94. The van der Waals surface area contributed by atoms with Crippen molar-refractivity contribution in [2.75, 3.05) is 11.9 Å². The van der Waals surface area contributed by atoms with E-state index in [0.717, 1.165) is 28.4 Å². The minimum Gasteiger partial charge on any atom is -0.489 e. The van der Waals surface area contributed by atoms with Crippen LogP contribution < -0.4 is 15.4 Å². The SMILES string of the molecule is CCC(C)NC(=O)CCNc1ccc(OCc2ccc(Cl)cc2)cc1. The summed E-state index contributed by atoms with van der Waals surface area (Å²) in [5.74, 6) is 0.875. The molecular formula is C20H25ClN2O2. The largest absolute Gasteiger partial charge is 0.489 e. The standard InChI is InChI=1S/C20H25ClN2O2/c1-3-15(2)23-20(24)12-13-22-18-8-10-19(11-9-18)25-14-16-4-6-17(21)7-5-16/h4-11,15,22H,3,12-14H2,1-2H3,(H,23,24). The van der Waals surface area contributed by atoms with E-state index in [4.69, 9.17) is 16.3 Å². The maximum Gasteiger partial charge on any atom is 0.221 e. The Labute approximate surface area is 154 Å². The molecule has 134 valence electrons. The molecule has 2 aromatic carbocycles. The number of amides is 1. The van der Waals surface area contributed by atoms with Gasteiger partial charge < -0.3 is 15.4 Å². The highest BCUT2D eigenvalue weighted by Gasteiger charge is 2.05. The van der Waals surface area contributed by atoms with Gasteiger partial charge in [0.05, 0.1) is 0 Å². The van der Waals surface area contributed by atoms with E-state index < -0.39 is 0 Å². The molecule has 0 fully saturated rings. The van der Waals surface area contributed by atoms with Crippen LogP contribution in [0, 0.1) is 0 Å². The molecule has 5 heteroatoms. The zero-order valence-corrected chi connectivity index (χ0v) is 15.5. The molecule has 0 bridgehead atoms. The van der Waals surface area contributed by atoms with E-state index in [1.807, 2.05) is 55.5 Å². The molecule has 2 N–H and O–H groups in total. The second-order valence-corrected chi connectivity index (χ2v) is 6.43. The van der Waals surface area contributed by atoms with Crippen molar-refractivity contribution in [1.29, 1.82) is 0 Å². The van der Waals surface area contributed by atoms with Gasteiger partial charge in [0.25, 0.3) is 0 Å². The fourth-order valence-electron chi connectivity index (χ4n) is 2.19. The fraction of sp³-hybridized carbons (Fsp3) is 0.350. The average Bonchev–Trinajstić information content (AvgIpc) is 2.62. The average molecular weight is 361 g/mol. The van der Waals surface area contributed by atoms with Gasteiger partial charge >= 0.3 is 0 Å². The Morgan fingerprint density at radius 2 is 1.80 bits per heavy atom. The molecule has 1 amide bonds. The van der Waals surface area contributed by atoms with Crippen molar-refractivity contribution < 1.29 is 9.53 Å². The van der Waals surface area contributed by atoms with Crippen LogP contribution in [-0.2, 0) is 11.4 Å². The number of halogens is 1. The zero-order chi connectivity index (χ0) is 18.1. The van der Waals surface area contributed by atoms with E-state index in [9.17, 15) is 4.79 Å². The Morgan fingerprint density at radius 3 is 2.44 bits per heavy atom. The van der Waals surface area contributed by atoms with E-state index >= 15 is 0 Å². The number of anilines is 1. The van der Waals surface area contributed by atoms with Gasteiger partial charge in [-0.1, -0.05) is 30.7 Å². The number of rotatable bonds is 9. The van der Waals surface area contributed by atoms with Crippen LogP contribution in [0.2, 0.25) is 5.02 Å². The Bertz CT molecular complexity index is 656. The molecule has 0 aliphatic carbocycles. The van der Waals surface area contributed by atoms with Gasteiger partial charge in [-0.15, -0.1) is 0 Å². The van der Waals surface area contributed by atoms with E-state index in [1.165, 1.54) is 0 Å². The van der Waals surface area contributed by atoms with Crippen molar-refractivity contribution in [1.82, 2.24) is 5.32 Å². The summed E-state index contributed by atoms with van der Waals surface area (Å²) in [4.78, 5) is 11.7. The van der Waals surface area contributed by atoms with Gasteiger partial charge in [-0.25, -0.2) is 0 Å². The Kier molecular flexibility index (Phi) is 7.61. The third kappa shape index (κ3) is 7.06. The van der Waals surface area contributed by atoms with Crippen LogP contribution in [0.15, 0.2) is 48.5 Å². The molecule has 0 spiro atoms. The minimum atomic E-state index is 0.0739. The van der Waals surface area contributed by atoms with E-state index in [-0.39, 0.29) is 11.9 Å². The number of benzene rings is 2. The number of ether oxygens (including phenoxy) is 1. The summed E-state index contributed by atoms with van der Waals surface area (Å²) in [5.41, 5.74) is 2.04. The summed E-state index contributed by atoms with van der Waals surface area (Å²) in [5, 5.41) is 6.92. The topological polar surface area (TPSA) is 50.4 Å². The lowest BCUT2D eigenvalue weighted by atomic mass is 10.2. The zero-order valence-electron chi connectivity index (χ0n) is 14.7. The smallest absolute Gasteiger partial charge is 0.221 e. The van der Waals surface area contributed by atoms with Gasteiger partial charge in [-0.2, -0.15) is 0 Å². The summed E-state index contributed by atoms with van der Waals surface area (Å²) < 4.78 is 5.75. The molecule has 0 aromatic heterocycles. The van der Waals surface area contributed by atoms with Crippen LogP contribution in [0.4, 0.5) is 5.69 Å². The Balaban J connectivity index is 1.72. The predicted molar refractivity (Wildman–Crippen MR) is 103 cm³/mol. The van der Waals surface area contributed by atoms with Crippen LogP contribution in [0.25, 0.3) is 0 Å².